The number of hydrogen-bond acceptors (Lipinski definition) is 5. The first-order valence-corrected chi connectivity index (χ1v) is 12.8. The van der Waals surface area contributed by atoms with Crippen molar-refractivity contribution in [3.8, 4) is 16.9 Å². The summed E-state index contributed by atoms with van der Waals surface area (Å²) >= 11 is 0. The molecule has 39 heavy (non-hydrogen) atoms. The molecule has 0 bridgehead atoms. The summed E-state index contributed by atoms with van der Waals surface area (Å²) in [7, 11) is 0. The van der Waals surface area contributed by atoms with E-state index in [9.17, 15) is 9.59 Å². The molecule has 0 saturated heterocycles. The SMILES string of the molecule is CCCc1nc2ccc(NC(=O)Cc3ccccc3)nc2n1Cc1ccc(-c2ccccc2OC(=O)O)cc1. The van der Waals surface area contributed by atoms with Gasteiger partial charge in [0, 0.05) is 12.0 Å². The number of nitrogens with one attached hydrogen (secondary N) is 1. The number of pyridine rings is 1. The van der Waals surface area contributed by atoms with Crippen LogP contribution in [0.3, 0.4) is 0 Å². The van der Waals surface area contributed by atoms with Crippen LogP contribution >= 0.6 is 0 Å². The molecule has 0 radical (unpaired) electrons. The van der Waals surface area contributed by atoms with Gasteiger partial charge in [-0.05, 0) is 41.3 Å². The fourth-order valence-corrected chi connectivity index (χ4v) is 4.53. The fraction of sp³-hybridized carbons (Fsp3) is 0.161. The van der Waals surface area contributed by atoms with Gasteiger partial charge in [-0.25, -0.2) is 14.8 Å². The third-order valence-corrected chi connectivity index (χ3v) is 6.31. The van der Waals surface area contributed by atoms with E-state index in [0.717, 1.165) is 40.9 Å². The van der Waals surface area contributed by atoms with Crippen molar-refractivity contribution in [1.29, 1.82) is 0 Å². The summed E-state index contributed by atoms with van der Waals surface area (Å²) in [5.41, 5.74) is 5.00. The molecule has 0 saturated carbocycles. The Bertz CT molecular complexity index is 1610. The van der Waals surface area contributed by atoms with Gasteiger partial charge in [-0.1, -0.05) is 79.7 Å². The predicted molar refractivity (Wildman–Crippen MR) is 150 cm³/mol. The van der Waals surface area contributed by atoms with Crippen LogP contribution in [0, 0.1) is 0 Å². The number of carbonyl (C=O) groups excluding carboxylic acids is 1. The molecule has 2 N–H and O–H groups in total. The number of amides is 1. The minimum absolute atomic E-state index is 0.129. The minimum Gasteiger partial charge on any atom is -0.449 e. The van der Waals surface area contributed by atoms with E-state index in [1.165, 1.54) is 0 Å². The number of para-hydroxylation sites is 1. The molecule has 5 aromatic rings. The third-order valence-electron chi connectivity index (χ3n) is 6.31. The van der Waals surface area contributed by atoms with E-state index in [4.69, 9.17) is 19.8 Å². The van der Waals surface area contributed by atoms with Crippen molar-refractivity contribution in [2.45, 2.75) is 32.7 Å². The number of rotatable bonds is 9. The lowest BCUT2D eigenvalue weighted by Gasteiger charge is -2.11. The zero-order valence-electron chi connectivity index (χ0n) is 21.5. The Kier molecular flexibility index (Phi) is 7.63. The molecule has 0 fully saturated rings. The Morgan fingerprint density at radius 3 is 2.36 bits per heavy atom. The number of aromatic nitrogens is 3. The lowest BCUT2D eigenvalue weighted by atomic mass is 10.0. The van der Waals surface area contributed by atoms with Crippen LogP contribution in [0.2, 0.25) is 0 Å². The average Bonchev–Trinajstić information content (AvgIpc) is 3.26. The lowest BCUT2D eigenvalue weighted by molar-refractivity contribution is -0.115. The van der Waals surface area contributed by atoms with Crippen LogP contribution in [0.15, 0.2) is 91.0 Å². The van der Waals surface area contributed by atoms with E-state index in [1.807, 2.05) is 72.8 Å². The first-order valence-electron chi connectivity index (χ1n) is 12.8. The number of imidazole rings is 1. The molecular formula is C31H28N4O4. The van der Waals surface area contributed by atoms with E-state index in [2.05, 4.69) is 16.8 Å². The van der Waals surface area contributed by atoms with Crippen LogP contribution < -0.4 is 10.1 Å². The van der Waals surface area contributed by atoms with Gasteiger partial charge in [0.2, 0.25) is 5.91 Å². The van der Waals surface area contributed by atoms with Gasteiger partial charge in [0.15, 0.2) is 5.65 Å². The molecule has 0 aliphatic carbocycles. The number of benzene rings is 3. The minimum atomic E-state index is -1.35. The highest BCUT2D eigenvalue weighted by Gasteiger charge is 2.15. The molecule has 0 aliphatic heterocycles. The van der Waals surface area contributed by atoms with Crippen molar-refractivity contribution in [2.75, 3.05) is 5.32 Å². The Labute approximate surface area is 225 Å². The molecule has 5 rings (SSSR count). The number of fused-ring (bicyclic) bond motifs is 1. The average molecular weight is 521 g/mol. The van der Waals surface area contributed by atoms with Gasteiger partial charge in [-0.2, -0.15) is 0 Å². The second-order valence-electron chi connectivity index (χ2n) is 9.18. The molecule has 8 nitrogen and oxygen atoms in total. The first kappa shape index (κ1) is 25.7. The molecule has 1 amide bonds. The second-order valence-corrected chi connectivity index (χ2v) is 9.18. The van der Waals surface area contributed by atoms with Crippen LogP contribution in [0.1, 0.15) is 30.3 Å². The Balaban J connectivity index is 1.40. The molecule has 3 aromatic carbocycles. The van der Waals surface area contributed by atoms with Gasteiger partial charge in [0.05, 0.1) is 13.0 Å². The maximum absolute atomic E-state index is 12.6. The topological polar surface area (TPSA) is 106 Å². The van der Waals surface area contributed by atoms with E-state index >= 15 is 0 Å². The number of aryl methyl sites for hydroxylation is 1. The van der Waals surface area contributed by atoms with Crippen LogP contribution in [0.25, 0.3) is 22.3 Å². The van der Waals surface area contributed by atoms with E-state index in [1.54, 1.807) is 18.2 Å². The van der Waals surface area contributed by atoms with Gasteiger partial charge in [0.25, 0.3) is 0 Å². The van der Waals surface area contributed by atoms with Crippen LogP contribution in [0.5, 0.6) is 5.75 Å². The summed E-state index contributed by atoms with van der Waals surface area (Å²) in [5.74, 6) is 1.57. The molecule has 196 valence electrons. The summed E-state index contributed by atoms with van der Waals surface area (Å²) in [5, 5.41) is 12.0. The normalized spacial score (nSPS) is 10.9. The highest BCUT2D eigenvalue weighted by atomic mass is 16.7. The van der Waals surface area contributed by atoms with E-state index in [-0.39, 0.29) is 18.1 Å². The maximum Gasteiger partial charge on any atom is 0.511 e. The van der Waals surface area contributed by atoms with Gasteiger partial charge < -0.3 is 19.7 Å². The second kappa shape index (κ2) is 11.6. The van der Waals surface area contributed by atoms with Crippen molar-refractivity contribution in [3.05, 3.63) is 108 Å². The number of nitrogens with zero attached hydrogens (tertiary/aromatic N) is 3. The Morgan fingerprint density at radius 2 is 1.62 bits per heavy atom. The quantitative estimate of drug-likeness (QED) is 0.174. The maximum atomic E-state index is 12.6. The summed E-state index contributed by atoms with van der Waals surface area (Å²) in [4.78, 5) is 33.3. The molecule has 2 heterocycles. The molecule has 0 aliphatic rings. The molecule has 0 atom stereocenters. The Morgan fingerprint density at radius 1 is 0.872 bits per heavy atom. The molecule has 2 aromatic heterocycles. The summed E-state index contributed by atoms with van der Waals surface area (Å²) < 4.78 is 7.03. The van der Waals surface area contributed by atoms with Gasteiger partial charge in [-0.15, -0.1) is 0 Å². The third kappa shape index (κ3) is 6.13. The number of carboxylic acid groups (broad SMARTS) is 1. The van der Waals surface area contributed by atoms with E-state index in [0.29, 0.717) is 23.6 Å². The van der Waals surface area contributed by atoms with Crippen LogP contribution in [0.4, 0.5) is 10.6 Å². The first-order chi connectivity index (χ1) is 19.0. The van der Waals surface area contributed by atoms with Gasteiger partial charge in [-0.3, -0.25) is 4.79 Å². The van der Waals surface area contributed by atoms with Gasteiger partial charge >= 0.3 is 6.16 Å². The smallest absolute Gasteiger partial charge is 0.449 e. The van der Waals surface area contributed by atoms with Crippen LogP contribution in [-0.4, -0.2) is 31.7 Å². The highest BCUT2D eigenvalue weighted by molar-refractivity contribution is 5.92. The fourth-order valence-electron chi connectivity index (χ4n) is 4.53. The van der Waals surface area contributed by atoms with E-state index < -0.39 is 6.16 Å². The zero-order valence-corrected chi connectivity index (χ0v) is 21.5. The predicted octanol–water partition coefficient (Wildman–Crippen LogP) is 6.34. The molecule has 8 heteroatoms. The summed E-state index contributed by atoms with van der Waals surface area (Å²) in [6, 6.07) is 28.2. The number of ether oxygens (including phenoxy) is 1. The zero-order chi connectivity index (χ0) is 27.2. The van der Waals surface area contributed by atoms with Gasteiger partial charge in [0.1, 0.15) is 22.9 Å². The number of hydrogen-bond donors (Lipinski definition) is 2. The highest BCUT2D eigenvalue weighted by Crippen LogP contribution is 2.30. The standard InChI is InChI=1S/C31H28N4O4/c1-2-8-28-32-25-17-18-27(33-29(36)19-21-9-4-3-5-10-21)34-30(25)35(28)20-22-13-15-23(16-14-22)24-11-6-7-12-26(24)39-31(37)38/h3-7,9-18H,2,8,19-20H2,1H3,(H,37,38)(H,33,34,36). The monoisotopic (exact) mass is 520 g/mol. The lowest BCUT2D eigenvalue weighted by Crippen LogP contribution is -2.15. The van der Waals surface area contributed by atoms with Crippen molar-refractivity contribution >= 4 is 29.0 Å². The molecule has 0 unspecified atom stereocenters. The summed E-state index contributed by atoms with van der Waals surface area (Å²) in [6.07, 6.45) is 0.652. The molecule has 0 spiro atoms. The Hall–Kier alpha value is -4.98. The van der Waals surface area contributed by atoms with Crippen molar-refractivity contribution in [1.82, 2.24) is 14.5 Å². The van der Waals surface area contributed by atoms with Crippen molar-refractivity contribution in [3.63, 3.8) is 0 Å². The van der Waals surface area contributed by atoms with Crippen molar-refractivity contribution < 1.29 is 19.4 Å². The summed E-state index contributed by atoms with van der Waals surface area (Å²) in [6.45, 7) is 2.66. The van der Waals surface area contributed by atoms with Crippen molar-refractivity contribution in [2.24, 2.45) is 0 Å². The largest absolute Gasteiger partial charge is 0.511 e. The number of anilines is 1. The molecular weight excluding hydrogens is 492 g/mol. The van der Waals surface area contributed by atoms with Crippen LogP contribution in [-0.2, 0) is 24.2 Å². The number of carbonyl (C=O) groups is 2.